The van der Waals surface area contributed by atoms with Crippen LogP contribution in [-0.4, -0.2) is 40.5 Å². The van der Waals surface area contributed by atoms with Gasteiger partial charge in [-0.2, -0.15) is 0 Å². The maximum Gasteiger partial charge on any atom is 0.262 e. The highest BCUT2D eigenvalue weighted by atomic mass is 32.2. The zero-order valence-electron chi connectivity index (χ0n) is 20.8. The number of hydrogen-bond donors (Lipinski definition) is 3. The Balaban J connectivity index is 1.81. The molecule has 3 aromatic rings. The highest BCUT2D eigenvalue weighted by Crippen LogP contribution is 2.23. The van der Waals surface area contributed by atoms with Crippen LogP contribution in [0.15, 0.2) is 65.6 Å². The van der Waals surface area contributed by atoms with E-state index in [9.17, 15) is 18.0 Å². The van der Waals surface area contributed by atoms with Gasteiger partial charge in [-0.25, -0.2) is 8.42 Å². The van der Waals surface area contributed by atoms with Gasteiger partial charge in [-0.15, -0.1) is 0 Å². The molecule has 0 saturated heterocycles. The molecule has 0 aromatic heterocycles. The first-order valence-electron chi connectivity index (χ1n) is 11.5. The van der Waals surface area contributed by atoms with Crippen molar-refractivity contribution in [2.45, 2.75) is 32.1 Å². The van der Waals surface area contributed by atoms with Crippen LogP contribution in [0.4, 0.5) is 11.4 Å². The Morgan fingerprint density at radius 1 is 0.861 bits per heavy atom. The van der Waals surface area contributed by atoms with Crippen molar-refractivity contribution in [3.63, 3.8) is 0 Å². The quantitative estimate of drug-likeness (QED) is 0.350. The van der Waals surface area contributed by atoms with Crippen LogP contribution < -0.4 is 15.4 Å². The molecule has 3 aromatic carbocycles. The first-order valence-corrected chi connectivity index (χ1v) is 13.0. The van der Waals surface area contributed by atoms with Crippen molar-refractivity contribution in [1.82, 2.24) is 5.32 Å². The fraction of sp³-hybridized carbons (Fsp3) is 0.259. The zero-order chi connectivity index (χ0) is 26.3. The SMILES string of the molecule is COCCCNC(=O)c1ccccc1NC(=O)c1ccc(C)c(S(=O)(=O)Nc2ccc(C)c(C)c2)c1. The minimum atomic E-state index is -3.94. The molecule has 0 aliphatic rings. The van der Waals surface area contributed by atoms with Crippen LogP contribution in [0.25, 0.3) is 0 Å². The van der Waals surface area contributed by atoms with E-state index in [1.807, 2.05) is 19.9 Å². The summed E-state index contributed by atoms with van der Waals surface area (Å²) in [6, 6.07) is 16.4. The second kappa shape index (κ2) is 11.8. The summed E-state index contributed by atoms with van der Waals surface area (Å²) in [4.78, 5) is 25.6. The monoisotopic (exact) mass is 509 g/mol. The number of carbonyl (C=O) groups is 2. The van der Waals surface area contributed by atoms with Crippen LogP contribution in [0.5, 0.6) is 0 Å². The standard InChI is InChI=1S/C27H31N3O5S/c1-18-11-13-22(16-20(18)3)30-36(33,34)25-17-21(12-10-19(25)2)26(31)29-24-9-6-5-8-23(24)27(32)28-14-7-15-35-4/h5-6,8-13,16-17,30H,7,14-15H2,1-4H3,(H,28,32)(H,29,31). The van der Waals surface area contributed by atoms with E-state index in [1.165, 1.54) is 6.07 Å². The van der Waals surface area contributed by atoms with Gasteiger partial charge in [-0.05, 0) is 80.3 Å². The average molecular weight is 510 g/mol. The number of aryl methyl sites for hydroxylation is 3. The van der Waals surface area contributed by atoms with Gasteiger partial charge in [0.15, 0.2) is 0 Å². The minimum absolute atomic E-state index is 0.00227. The van der Waals surface area contributed by atoms with Gasteiger partial charge < -0.3 is 15.4 Å². The van der Waals surface area contributed by atoms with Crippen LogP contribution in [0.2, 0.25) is 0 Å². The first kappa shape index (κ1) is 26.9. The molecule has 3 N–H and O–H groups in total. The fourth-order valence-corrected chi connectivity index (χ4v) is 4.87. The van der Waals surface area contributed by atoms with E-state index in [4.69, 9.17) is 4.74 Å². The van der Waals surface area contributed by atoms with Crippen molar-refractivity contribution in [3.8, 4) is 0 Å². The minimum Gasteiger partial charge on any atom is -0.385 e. The maximum atomic E-state index is 13.1. The Bertz CT molecular complexity index is 1370. The molecule has 8 nitrogen and oxygen atoms in total. The average Bonchev–Trinajstić information content (AvgIpc) is 2.84. The maximum absolute atomic E-state index is 13.1. The van der Waals surface area contributed by atoms with E-state index in [0.717, 1.165) is 11.1 Å². The number of amides is 2. The summed E-state index contributed by atoms with van der Waals surface area (Å²) in [5, 5.41) is 5.53. The molecule has 0 atom stereocenters. The second-order valence-electron chi connectivity index (χ2n) is 8.49. The number of ether oxygens (including phenoxy) is 1. The number of hydrogen-bond acceptors (Lipinski definition) is 5. The van der Waals surface area contributed by atoms with Crippen molar-refractivity contribution in [1.29, 1.82) is 0 Å². The fourth-order valence-electron chi connectivity index (χ4n) is 3.54. The number of rotatable bonds is 10. The van der Waals surface area contributed by atoms with Crippen LogP contribution in [0, 0.1) is 20.8 Å². The lowest BCUT2D eigenvalue weighted by atomic mass is 10.1. The van der Waals surface area contributed by atoms with Gasteiger partial charge in [0, 0.05) is 31.5 Å². The van der Waals surface area contributed by atoms with Gasteiger partial charge in [0.1, 0.15) is 0 Å². The van der Waals surface area contributed by atoms with Crippen molar-refractivity contribution < 1.29 is 22.7 Å². The second-order valence-corrected chi connectivity index (χ2v) is 10.1. The molecule has 36 heavy (non-hydrogen) atoms. The van der Waals surface area contributed by atoms with Crippen molar-refractivity contribution >= 4 is 33.2 Å². The molecule has 0 spiro atoms. The molecule has 0 bridgehead atoms. The van der Waals surface area contributed by atoms with Gasteiger partial charge in [-0.3, -0.25) is 14.3 Å². The summed E-state index contributed by atoms with van der Waals surface area (Å²) >= 11 is 0. The highest BCUT2D eigenvalue weighted by molar-refractivity contribution is 7.92. The van der Waals surface area contributed by atoms with Gasteiger partial charge in [-0.1, -0.05) is 24.3 Å². The summed E-state index contributed by atoms with van der Waals surface area (Å²) < 4.78 is 33.8. The molecule has 0 radical (unpaired) electrons. The number of anilines is 2. The third kappa shape index (κ3) is 6.71. The Labute approximate surface area is 212 Å². The predicted molar refractivity (Wildman–Crippen MR) is 141 cm³/mol. The van der Waals surface area contributed by atoms with Crippen molar-refractivity contribution in [3.05, 3.63) is 88.5 Å². The van der Waals surface area contributed by atoms with E-state index in [1.54, 1.807) is 62.6 Å². The normalized spacial score (nSPS) is 11.1. The Morgan fingerprint density at radius 2 is 1.58 bits per heavy atom. The van der Waals surface area contributed by atoms with Gasteiger partial charge in [0.2, 0.25) is 0 Å². The lowest BCUT2D eigenvalue weighted by Gasteiger charge is -2.14. The highest BCUT2D eigenvalue weighted by Gasteiger charge is 2.21. The van der Waals surface area contributed by atoms with Crippen LogP contribution in [-0.2, 0) is 14.8 Å². The first-order chi connectivity index (χ1) is 17.1. The van der Waals surface area contributed by atoms with E-state index in [0.29, 0.717) is 42.1 Å². The molecule has 190 valence electrons. The number of carbonyl (C=O) groups excluding carboxylic acids is 2. The van der Waals surface area contributed by atoms with Gasteiger partial charge in [0.05, 0.1) is 16.1 Å². The molecule has 0 aliphatic heterocycles. The van der Waals surface area contributed by atoms with Gasteiger partial charge >= 0.3 is 0 Å². The topological polar surface area (TPSA) is 114 Å². The molecule has 9 heteroatoms. The van der Waals surface area contributed by atoms with E-state index in [-0.39, 0.29) is 16.4 Å². The Hall–Kier alpha value is -3.69. The molecular formula is C27H31N3O5S. The molecule has 0 fully saturated rings. The molecule has 0 saturated carbocycles. The number of benzene rings is 3. The smallest absolute Gasteiger partial charge is 0.262 e. The molecule has 3 rings (SSSR count). The molecule has 0 aliphatic carbocycles. The zero-order valence-corrected chi connectivity index (χ0v) is 21.7. The van der Waals surface area contributed by atoms with E-state index in [2.05, 4.69) is 15.4 Å². The van der Waals surface area contributed by atoms with Crippen molar-refractivity contribution in [2.24, 2.45) is 0 Å². The molecule has 2 amide bonds. The summed E-state index contributed by atoms with van der Waals surface area (Å²) in [5.41, 5.74) is 3.73. The summed E-state index contributed by atoms with van der Waals surface area (Å²) in [5.74, 6) is -0.857. The summed E-state index contributed by atoms with van der Waals surface area (Å²) in [6.07, 6.45) is 0.660. The molecule has 0 heterocycles. The number of nitrogens with one attached hydrogen (secondary N) is 3. The third-order valence-corrected chi connectivity index (χ3v) is 7.25. The van der Waals surface area contributed by atoms with Crippen LogP contribution in [0.1, 0.15) is 43.8 Å². The van der Waals surface area contributed by atoms with Gasteiger partial charge in [0.25, 0.3) is 21.8 Å². The summed E-state index contributed by atoms with van der Waals surface area (Å²) in [6.45, 7) is 6.47. The molecular weight excluding hydrogens is 478 g/mol. The number of methoxy groups -OCH3 is 1. The largest absolute Gasteiger partial charge is 0.385 e. The van der Waals surface area contributed by atoms with Crippen molar-refractivity contribution in [2.75, 3.05) is 30.3 Å². The van der Waals surface area contributed by atoms with Crippen LogP contribution in [0.3, 0.4) is 0 Å². The Kier molecular flexibility index (Phi) is 8.84. The van der Waals surface area contributed by atoms with Crippen LogP contribution >= 0.6 is 0 Å². The Morgan fingerprint density at radius 3 is 2.31 bits per heavy atom. The predicted octanol–water partition coefficient (Wildman–Crippen LogP) is 4.43. The molecule has 0 unspecified atom stereocenters. The number of para-hydroxylation sites is 1. The summed E-state index contributed by atoms with van der Waals surface area (Å²) in [7, 11) is -2.35. The van der Waals surface area contributed by atoms with E-state index >= 15 is 0 Å². The lowest BCUT2D eigenvalue weighted by molar-refractivity contribution is 0.0949. The third-order valence-electron chi connectivity index (χ3n) is 5.73. The van der Waals surface area contributed by atoms with E-state index < -0.39 is 15.9 Å². The number of sulfonamides is 1. The lowest BCUT2D eigenvalue weighted by Crippen LogP contribution is -2.26.